The summed E-state index contributed by atoms with van der Waals surface area (Å²) in [5.74, 6) is 1.30. The summed E-state index contributed by atoms with van der Waals surface area (Å²) in [6, 6.07) is 7.96. The van der Waals surface area contributed by atoms with Crippen molar-refractivity contribution < 1.29 is 9.53 Å². The number of para-hydroxylation sites is 1. The van der Waals surface area contributed by atoms with E-state index < -0.39 is 0 Å². The maximum Gasteiger partial charge on any atom is 0.220 e. The zero-order valence-electron chi connectivity index (χ0n) is 12.0. The molecule has 0 heterocycles. The molecule has 0 bridgehead atoms. The molecule has 0 fully saturated rings. The van der Waals surface area contributed by atoms with Gasteiger partial charge in [0.05, 0.1) is 7.11 Å². The van der Waals surface area contributed by atoms with E-state index in [1.165, 1.54) is 0 Å². The molecule has 0 spiro atoms. The fraction of sp³-hybridized carbons (Fsp3) is 0.533. The predicted molar refractivity (Wildman–Crippen MR) is 77.4 cm³/mol. The molecule has 0 aliphatic heterocycles. The Hall–Kier alpha value is -1.55. The molecule has 2 N–H and O–H groups in total. The number of methoxy groups -OCH3 is 1. The van der Waals surface area contributed by atoms with Gasteiger partial charge in [-0.15, -0.1) is 0 Å². The highest BCUT2D eigenvalue weighted by Gasteiger charge is 2.11. The van der Waals surface area contributed by atoms with Crippen LogP contribution in [0, 0.1) is 5.92 Å². The van der Waals surface area contributed by atoms with Gasteiger partial charge in [-0.3, -0.25) is 4.79 Å². The van der Waals surface area contributed by atoms with Crippen molar-refractivity contribution >= 4 is 5.91 Å². The quantitative estimate of drug-likeness (QED) is 0.701. The number of ether oxygens (including phenoxy) is 1. The maximum absolute atomic E-state index is 11.7. The van der Waals surface area contributed by atoms with Gasteiger partial charge in [0.15, 0.2) is 0 Å². The monoisotopic (exact) mass is 264 g/mol. The molecule has 1 rings (SSSR count). The highest BCUT2D eigenvalue weighted by Crippen LogP contribution is 2.21. The first-order chi connectivity index (χ1) is 9.17. The van der Waals surface area contributed by atoms with E-state index in [4.69, 9.17) is 4.74 Å². The van der Waals surface area contributed by atoms with Crippen LogP contribution < -0.4 is 15.4 Å². The van der Waals surface area contributed by atoms with E-state index in [1.54, 1.807) is 7.11 Å². The van der Waals surface area contributed by atoms with E-state index in [1.807, 2.05) is 31.3 Å². The standard InChI is InChI=1S/C15H24N2O2/c1-12(11-15(18)17-9-8-16-2)10-13-6-4-5-7-14(13)19-3/h4-7,12,16H,8-11H2,1-3H3,(H,17,18). The minimum Gasteiger partial charge on any atom is -0.496 e. The van der Waals surface area contributed by atoms with Crippen LogP contribution in [0.3, 0.4) is 0 Å². The van der Waals surface area contributed by atoms with E-state index in [9.17, 15) is 4.79 Å². The summed E-state index contributed by atoms with van der Waals surface area (Å²) in [5.41, 5.74) is 1.15. The van der Waals surface area contributed by atoms with Gasteiger partial charge in [-0.2, -0.15) is 0 Å². The van der Waals surface area contributed by atoms with E-state index in [-0.39, 0.29) is 5.91 Å². The average molecular weight is 264 g/mol. The summed E-state index contributed by atoms with van der Waals surface area (Å²) in [4.78, 5) is 11.7. The Morgan fingerprint density at radius 2 is 2.05 bits per heavy atom. The molecular formula is C15H24N2O2. The third kappa shape index (κ3) is 5.75. The van der Waals surface area contributed by atoms with Gasteiger partial charge in [0.1, 0.15) is 5.75 Å². The molecule has 1 amide bonds. The van der Waals surface area contributed by atoms with Crippen LogP contribution >= 0.6 is 0 Å². The molecule has 0 aliphatic rings. The first-order valence-corrected chi connectivity index (χ1v) is 6.70. The predicted octanol–water partition coefficient (Wildman–Crippen LogP) is 1.60. The summed E-state index contributed by atoms with van der Waals surface area (Å²) in [7, 11) is 3.55. The Morgan fingerprint density at radius 3 is 2.74 bits per heavy atom. The lowest BCUT2D eigenvalue weighted by atomic mass is 9.97. The number of carbonyl (C=O) groups is 1. The highest BCUT2D eigenvalue weighted by atomic mass is 16.5. The van der Waals surface area contributed by atoms with Crippen molar-refractivity contribution in [2.45, 2.75) is 19.8 Å². The summed E-state index contributed by atoms with van der Waals surface area (Å²) in [6.07, 6.45) is 1.39. The van der Waals surface area contributed by atoms with E-state index in [0.717, 1.165) is 24.3 Å². The topological polar surface area (TPSA) is 50.4 Å². The summed E-state index contributed by atoms with van der Waals surface area (Å²) in [5, 5.41) is 5.90. The number of carbonyl (C=O) groups excluding carboxylic acids is 1. The van der Waals surface area contributed by atoms with Gasteiger partial charge in [-0.05, 0) is 31.0 Å². The first kappa shape index (κ1) is 15.5. The summed E-state index contributed by atoms with van der Waals surface area (Å²) < 4.78 is 5.32. The third-order valence-corrected chi connectivity index (χ3v) is 2.99. The van der Waals surface area contributed by atoms with Crippen molar-refractivity contribution in [3.63, 3.8) is 0 Å². The second kappa shape index (κ2) is 8.53. The second-order valence-electron chi connectivity index (χ2n) is 4.78. The second-order valence-corrected chi connectivity index (χ2v) is 4.78. The van der Waals surface area contributed by atoms with Crippen LogP contribution in [0.4, 0.5) is 0 Å². The number of amides is 1. The minimum absolute atomic E-state index is 0.109. The van der Waals surface area contributed by atoms with Gasteiger partial charge in [0, 0.05) is 19.5 Å². The lowest BCUT2D eigenvalue weighted by Crippen LogP contribution is -2.31. The Balaban J connectivity index is 2.42. The van der Waals surface area contributed by atoms with Crippen molar-refractivity contribution in [2.75, 3.05) is 27.2 Å². The van der Waals surface area contributed by atoms with Crippen molar-refractivity contribution in [3.05, 3.63) is 29.8 Å². The van der Waals surface area contributed by atoms with Gasteiger partial charge < -0.3 is 15.4 Å². The van der Waals surface area contributed by atoms with Gasteiger partial charge in [-0.1, -0.05) is 25.1 Å². The zero-order chi connectivity index (χ0) is 14.1. The normalized spacial score (nSPS) is 11.9. The molecule has 19 heavy (non-hydrogen) atoms. The number of benzene rings is 1. The van der Waals surface area contributed by atoms with Crippen LogP contribution in [0.5, 0.6) is 5.75 Å². The lowest BCUT2D eigenvalue weighted by molar-refractivity contribution is -0.121. The van der Waals surface area contributed by atoms with Crippen molar-refractivity contribution in [1.29, 1.82) is 0 Å². The fourth-order valence-corrected chi connectivity index (χ4v) is 2.03. The molecule has 4 nitrogen and oxygen atoms in total. The molecule has 106 valence electrons. The SMILES string of the molecule is CNCCNC(=O)CC(C)Cc1ccccc1OC. The van der Waals surface area contributed by atoms with Gasteiger partial charge in [-0.25, -0.2) is 0 Å². The first-order valence-electron chi connectivity index (χ1n) is 6.70. The van der Waals surface area contributed by atoms with Crippen molar-refractivity contribution in [1.82, 2.24) is 10.6 Å². The van der Waals surface area contributed by atoms with Gasteiger partial charge >= 0.3 is 0 Å². The molecule has 0 aromatic heterocycles. The van der Waals surface area contributed by atoms with Crippen LogP contribution in [0.25, 0.3) is 0 Å². The molecule has 4 heteroatoms. The molecule has 1 atom stereocenters. The number of rotatable bonds is 8. The van der Waals surface area contributed by atoms with Crippen molar-refractivity contribution in [2.24, 2.45) is 5.92 Å². The summed E-state index contributed by atoms with van der Waals surface area (Å²) >= 11 is 0. The van der Waals surface area contributed by atoms with Gasteiger partial charge in [0.25, 0.3) is 0 Å². The number of likely N-dealkylation sites (N-methyl/N-ethyl adjacent to an activating group) is 1. The van der Waals surface area contributed by atoms with E-state index in [2.05, 4.69) is 17.6 Å². The van der Waals surface area contributed by atoms with Crippen LogP contribution in [0.15, 0.2) is 24.3 Å². The molecule has 0 aliphatic carbocycles. The van der Waals surface area contributed by atoms with Crippen LogP contribution in [0.2, 0.25) is 0 Å². The highest BCUT2D eigenvalue weighted by molar-refractivity contribution is 5.76. The third-order valence-electron chi connectivity index (χ3n) is 2.99. The number of hydrogen-bond acceptors (Lipinski definition) is 3. The minimum atomic E-state index is 0.109. The lowest BCUT2D eigenvalue weighted by Gasteiger charge is -2.14. The molecular weight excluding hydrogens is 240 g/mol. The number of hydrogen-bond donors (Lipinski definition) is 2. The Labute approximate surface area is 115 Å². The smallest absolute Gasteiger partial charge is 0.220 e. The van der Waals surface area contributed by atoms with Gasteiger partial charge in [0.2, 0.25) is 5.91 Å². The molecule has 0 saturated heterocycles. The molecule has 0 saturated carbocycles. The van der Waals surface area contributed by atoms with Crippen LogP contribution in [0.1, 0.15) is 18.9 Å². The molecule has 1 aromatic rings. The molecule has 0 radical (unpaired) electrons. The molecule has 1 aromatic carbocycles. The van der Waals surface area contributed by atoms with Crippen molar-refractivity contribution in [3.8, 4) is 5.75 Å². The number of nitrogens with one attached hydrogen (secondary N) is 2. The summed E-state index contributed by atoms with van der Waals surface area (Å²) in [6.45, 7) is 3.56. The Kier molecular flexibility index (Phi) is 6.97. The Bertz CT molecular complexity index is 393. The molecule has 1 unspecified atom stereocenters. The Morgan fingerprint density at radius 1 is 1.32 bits per heavy atom. The van der Waals surface area contributed by atoms with Crippen LogP contribution in [-0.4, -0.2) is 33.2 Å². The van der Waals surface area contributed by atoms with E-state index >= 15 is 0 Å². The zero-order valence-corrected chi connectivity index (χ0v) is 12.0. The largest absolute Gasteiger partial charge is 0.496 e. The van der Waals surface area contributed by atoms with Crippen LogP contribution in [-0.2, 0) is 11.2 Å². The maximum atomic E-state index is 11.7. The average Bonchev–Trinajstić information content (AvgIpc) is 2.39. The van der Waals surface area contributed by atoms with E-state index in [0.29, 0.717) is 18.9 Å². The fourth-order valence-electron chi connectivity index (χ4n) is 2.03.